The van der Waals surface area contributed by atoms with E-state index < -0.39 is 0 Å². The van der Waals surface area contributed by atoms with Crippen molar-refractivity contribution in [3.8, 4) is 17.0 Å². The SMILES string of the molecule is Cn1cc(-c2nn(C)cc2C(=O)N2CCCC(COc3ccccc3)C2)cn1. The molecule has 1 aromatic carbocycles. The molecule has 1 saturated heterocycles. The summed E-state index contributed by atoms with van der Waals surface area (Å²) in [6, 6.07) is 9.83. The van der Waals surface area contributed by atoms with E-state index in [9.17, 15) is 4.79 Å². The van der Waals surface area contributed by atoms with Gasteiger partial charge in [-0.05, 0) is 25.0 Å². The third-order valence-corrected chi connectivity index (χ3v) is 5.07. The Balaban J connectivity index is 1.46. The maximum absolute atomic E-state index is 13.2. The first kappa shape index (κ1) is 18.3. The van der Waals surface area contributed by atoms with Gasteiger partial charge in [0.2, 0.25) is 0 Å². The Hall–Kier alpha value is -3.09. The number of benzene rings is 1. The molecule has 0 bridgehead atoms. The number of likely N-dealkylation sites (tertiary alicyclic amines) is 1. The first-order chi connectivity index (χ1) is 13.6. The predicted octanol–water partition coefficient (Wildman–Crippen LogP) is 2.75. The molecule has 1 amide bonds. The lowest BCUT2D eigenvalue weighted by Crippen LogP contribution is -2.41. The van der Waals surface area contributed by atoms with Gasteiger partial charge in [-0.2, -0.15) is 10.2 Å². The van der Waals surface area contributed by atoms with Gasteiger partial charge >= 0.3 is 0 Å². The van der Waals surface area contributed by atoms with E-state index in [-0.39, 0.29) is 5.91 Å². The minimum atomic E-state index is 0.0244. The zero-order chi connectivity index (χ0) is 19.5. The number of amides is 1. The number of ether oxygens (including phenoxy) is 1. The molecular weight excluding hydrogens is 354 g/mol. The monoisotopic (exact) mass is 379 g/mol. The molecule has 7 heteroatoms. The number of aromatic nitrogens is 4. The fourth-order valence-corrected chi connectivity index (χ4v) is 3.69. The fourth-order valence-electron chi connectivity index (χ4n) is 3.69. The summed E-state index contributed by atoms with van der Waals surface area (Å²) in [5.41, 5.74) is 2.16. The van der Waals surface area contributed by atoms with Crippen molar-refractivity contribution >= 4 is 5.91 Å². The number of rotatable bonds is 5. The number of para-hydroxylation sites is 1. The molecule has 1 atom stereocenters. The van der Waals surface area contributed by atoms with Gasteiger partial charge in [-0.25, -0.2) is 0 Å². The van der Waals surface area contributed by atoms with Gasteiger partial charge in [-0.1, -0.05) is 18.2 Å². The van der Waals surface area contributed by atoms with Crippen LogP contribution in [0.25, 0.3) is 11.3 Å². The van der Waals surface area contributed by atoms with E-state index in [0.717, 1.165) is 30.7 Å². The second-order valence-corrected chi connectivity index (χ2v) is 7.35. The molecule has 3 heterocycles. The Morgan fingerprint density at radius 3 is 2.75 bits per heavy atom. The van der Waals surface area contributed by atoms with E-state index in [1.165, 1.54) is 0 Å². The van der Waals surface area contributed by atoms with Gasteiger partial charge in [-0.3, -0.25) is 14.2 Å². The van der Waals surface area contributed by atoms with E-state index in [2.05, 4.69) is 10.2 Å². The van der Waals surface area contributed by atoms with Crippen molar-refractivity contribution in [2.75, 3.05) is 19.7 Å². The van der Waals surface area contributed by atoms with Crippen molar-refractivity contribution in [1.82, 2.24) is 24.5 Å². The number of hydrogen-bond donors (Lipinski definition) is 0. The summed E-state index contributed by atoms with van der Waals surface area (Å²) in [4.78, 5) is 15.2. The lowest BCUT2D eigenvalue weighted by atomic mass is 9.98. The van der Waals surface area contributed by atoms with E-state index >= 15 is 0 Å². The van der Waals surface area contributed by atoms with Crippen LogP contribution < -0.4 is 4.74 Å². The Morgan fingerprint density at radius 1 is 1.18 bits per heavy atom. The predicted molar refractivity (Wildman–Crippen MR) is 106 cm³/mol. The van der Waals surface area contributed by atoms with Gasteiger partial charge in [0, 0.05) is 51.1 Å². The molecule has 0 spiro atoms. The molecule has 28 heavy (non-hydrogen) atoms. The lowest BCUT2D eigenvalue weighted by Gasteiger charge is -2.32. The Labute approximate surface area is 164 Å². The van der Waals surface area contributed by atoms with Crippen molar-refractivity contribution in [3.05, 3.63) is 54.5 Å². The standard InChI is InChI=1S/C21H25N5O2/c1-24-13-17(11-22-24)20-19(14-25(2)23-20)21(27)26-10-6-7-16(12-26)15-28-18-8-4-3-5-9-18/h3-5,8-9,11,13-14,16H,6-7,10,12,15H2,1-2H3. The van der Waals surface area contributed by atoms with Gasteiger partial charge < -0.3 is 9.64 Å². The topological polar surface area (TPSA) is 65.2 Å². The number of aryl methyl sites for hydroxylation is 2. The average molecular weight is 379 g/mol. The van der Waals surface area contributed by atoms with Crippen molar-refractivity contribution in [2.45, 2.75) is 12.8 Å². The molecule has 146 valence electrons. The molecule has 1 aliphatic heterocycles. The van der Waals surface area contributed by atoms with Gasteiger partial charge in [-0.15, -0.1) is 0 Å². The summed E-state index contributed by atoms with van der Waals surface area (Å²) >= 11 is 0. The van der Waals surface area contributed by atoms with Crippen molar-refractivity contribution in [1.29, 1.82) is 0 Å². The normalized spacial score (nSPS) is 16.9. The van der Waals surface area contributed by atoms with Crippen LogP contribution in [0.1, 0.15) is 23.2 Å². The zero-order valence-corrected chi connectivity index (χ0v) is 16.3. The summed E-state index contributed by atoms with van der Waals surface area (Å²) < 4.78 is 9.32. The Kier molecular flexibility index (Phi) is 5.14. The zero-order valence-electron chi connectivity index (χ0n) is 16.3. The molecule has 0 aliphatic carbocycles. The maximum Gasteiger partial charge on any atom is 0.257 e. The molecule has 1 aliphatic rings. The Morgan fingerprint density at radius 2 is 2.00 bits per heavy atom. The number of carbonyl (C=O) groups is 1. The first-order valence-electron chi connectivity index (χ1n) is 9.60. The number of piperidine rings is 1. The van der Waals surface area contributed by atoms with Crippen LogP contribution in [0.2, 0.25) is 0 Å². The second-order valence-electron chi connectivity index (χ2n) is 7.35. The molecule has 3 aromatic rings. The van der Waals surface area contributed by atoms with Crippen LogP contribution in [-0.2, 0) is 14.1 Å². The van der Waals surface area contributed by atoms with E-state index in [1.54, 1.807) is 21.8 Å². The molecular formula is C21H25N5O2. The van der Waals surface area contributed by atoms with Gasteiger partial charge in [0.05, 0.1) is 18.4 Å². The quantitative estimate of drug-likeness (QED) is 0.684. The van der Waals surface area contributed by atoms with E-state index in [4.69, 9.17) is 4.74 Å². The number of nitrogens with zero attached hydrogens (tertiary/aromatic N) is 5. The van der Waals surface area contributed by atoms with Crippen LogP contribution in [0.5, 0.6) is 5.75 Å². The van der Waals surface area contributed by atoms with E-state index in [1.807, 2.05) is 55.5 Å². The highest BCUT2D eigenvalue weighted by Crippen LogP contribution is 2.25. The van der Waals surface area contributed by atoms with Gasteiger partial charge in [0.15, 0.2) is 0 Å². The molecule has 2 aromatic heterocycles. The molecule has 0 N–H and O–H groups in total. The smallest absolute Gasteiger partial charge is 0.257 e. The lowest BCUT2D eigenvalue weighted by molar-refractivity contribution is 0.0634. The summed E-state index contributed by atoms with van der Waals surface area (Å²) in [5.74, 6) is 1.23. The first-order valence-corrected chi connectivity index (χ1v) is 9.60. The Bertz CT molecular complexity index is 947. The highest BCUT2D eigenvalue weighted by Gasteiger charge is 2.28. The molecule has 1 unspecified atom stereocenters. The van der Waals surface area contributed by atoms with Gasteiger partial charge in [0.1, 0.15) is 11.4 Å². The summed E-state index contributed by atoms with van der Waals surface area (Å²) in [6.45, 7) is 2.09. The van der Waals surface area contributed by atoms with Crippen LogP contribution in [-0.4, -0.2) is 50.1 Å². The average Bonchev–Trinajstić information content (AvgIpc) is 3.32. The van der Waals surface area contributed by atoms with Crippen molar-refractivity contribution < 1.29 is 9.53 Å². The van der Waals surface area contributed by atoms with Crippen molar-refractivity contribution in [3.63, 3.8) is 0 Å². The molecule has 0 saturated carbocycles. The summed E-state index contributed by atoms with van der Waals surface area (Å²) in [7, 11) is 3.69. The van der Waals surface area contributed by atoms with Crippen LogP contribution >= 0.6 is 0 Å². The fraction of sp³-hybridized carbons (Fsp3) is 0.381. The number of carbonyl (C=O) groups excluding carboxylic acids is 1. The number of hydrogen-bond acceptors (Lipinski definition) is 4. The summed E-state index contributed by atoms with van der Waals surface area (Å²) in [6.07, 6.45) is 7.47. The van der Waals surface area contributed by atoms with Crippen LogP contribution in [0, 0.1) is 5.92 Å². The van der Waals surface area contributed by atoms with E-state index in [0.29, 0.717) is 30.3 Å². The second kappa shape index (κ2) is 7.88. The van der Waals surface area contributed by atoms with Gasteiger partial charge in [0.25, 0.3) is 5.91 Å². The van der Waals surface area contributed by atoms with Crippen LogP contribution in [0.15, 0.2) is 48.9 Å². The molecule has 0 radical (unpaired) electrons. The third kappa shape index (κ3) is 3.93. The molecule has 4 rings (SSSR count). The highest BCUT2D eigenvalue weighted by atomic mass is 16.5. The maximum atomic E-state index is 13.2. The highest BCUT2D eigenvalue weighted by molar-refractivity contribution is 5.99. The van der Waals surface area contributed by atoms with Crippen LogP contribution in [0.4, 0.5) is 0 Å². The third-order valence-electron chi connectivity index (χ3n) is 5.07. The molecule has 7 nitrogen and oxygen atoms in total. The van der Waals surface area contributed by atoms with Crippen molar-refractivity contribution in [2.24, 2.45) is 20.0 Å². The summed E-state index contributed by atoms with van der Waals surface area (Å²) in [5, 5.41) is 8.70. The largest absolute Gasteiger partial charge is 0.493 e. The minimum absolute atomic E-state index is 0.0244. The van der Waals surface area contributed by atoms with Crippen LogP contribution in [0.3, 0.4) is 0 Å². The minimum Gasteiger partial charge on any atom is -0.493 e. The molecule has 1 fully saturated rings.